The molecule has 32 heavy (non-hydrogen) atoms. The maximum atomic E-state index is 11.2. The lowest BCUT2D eigenvalue weighted by molar-refractivity contribution is -0.384. The van der Waals surface area contributed by atoms with Crippen molar-refractivity contribution in [2.45, 2.75) is 45.9 Å². The maximum Gasteiger partial charge on any atom is 0.270 e. The SMILES string of the molecule is C[SiH](C)OCc1c(-c2cc(Cl)nc(-c3cccc([N+](=O)[O-])c3)n2)ccc(Cl)c1C(C)(C)C. The zero-order valence-corrected chi connectivity index (χ0v) is 21.3. The van der Waals surface area contributed by atoms with Gasteiger partial charge in [0, 0.05) is 34.3 Å². The minimum Gasteiger partial charge on any atom is -0.416 e. The minimum absolute atomic E-state index is 0.0369. The summed E-state index contributed by atoms with van der Waals surface area (Å²) in [5.41, 5.74) is 3.68. The second kappa shape index (κ2) is 9.66. The lowest BCUT2D eigenvalue weighted by atomic mass is 9.81. The highest BCUT2D eigenvalue weighted by atomic mass is 35.5. The molecule has 0 aliphatic heterocycles. The van der Waals surface area contributed by atoms with E-state index in [-0.39, 0.29) is 16.3 Å². The molecule has 0 N–H and O–H groups in total. The summed E-state index contributed by atoms with van der Waals surface area (Å²) in [6.07, 6.45) is 0. The van der Waals surface area contributed by atoms with Crippen LogP contribution in [0.1, 0.15) is 31.9 Å². The average molecular weight is 490 g/mol. The lowest BCUT2D eigenvalue weighted by Gasteiger charge is -2.27. The molecule has 0 bridgehead atoms. The monoisotopic (exact) mass is 489 g/mol. The van der Waals surface area contributed by atoms with E-state index in [1.54, 1.807) is 18.2 Å². The van der Waals surface area contributed by atoms with E-state index in [1.165, 1.54) is 12.1 Å². The highest BCUT2D eigenvalue weighted by molar-refractivity contribution is 6.48. The first-order valence-corrected chi connectivity index (χ1v) is 13.7. The van der Waals surface area contributed by atoms with Crippen LogP contribution in [0.15, 0.2) is 42.5 Å². The molecule has 9 heteroatoms. The number of nitro benzene ring substituents is 1. The molecule has 0 saturated heterocycles. The molecule has 0 radical (unpaired) electrons. The van der Waals surface area contributed by atoms with Crippen LogP contribution in [0, 0.1) is 10.1 Å². The van der Waals surface area contributed by atoms with E-state index in [2.05, 4.69) is 38.8 Å². The Hall–Kier alpha value is -2.32. The summed E-state index contributed by atoms with van der Waals surface area (Å²) < 4.78 is 6.10. The Bertz CT molecular complexity index is 1160. The van der Waals surface area contributed by atoms with E-state index in [1.807, 2.05) is 12.1 Å². The Kier molecular flexibility index (Phi) is 7.35. The van der Waals surface area contributed by atoms with Gasteiger partial charge in [0.2, 0.25) is 0 Å². The summed E-state index contributed by atoms with van der Waals surface area (Å²) in [6.45, 7) is 11.0. The van der Waals surface area contributed by atoms with Gasteiger partial charge in [0.1, 0.15) is 5.15 Å². The fourth-order valence-electron chi connectivity index (χ4n) is 3.51. The van der Waals surface area contributed by atoms with Gasteiger partial charge in [-0.2, -0.15) is 0 Å². The zero-order valence-electron chi connectivity index (χ0n) is 18.6. The summed E-state index contributed by atoms with van der Waals surface area (Å²) in [5.74, 6) is 0.313. The van der Waals surface area contributed by atoms with Crippen molar-refractivity contribution in [2.24, 2.45) is 0 Å². The van der Waals surface area contributed by atoms with Crippen LogP contribution in [0.5, 0.6) is 0 Å². The quantitative estimate of drug-likeness (QED) is 0.164. The zero-order chi connectivity index (χ0) is 23.6. The average Bonchev–Trinajstić information content (AvgIpc) is 2.70. The largest absolute Gasteiger partial charge is 0.416 e. The highest BCUT2D eigenvalue weighted by Crippen LogP contribution is 2.39. The maximum absolute atomic E-state index is 11.2. The lowest BCUT2D eigenvalue weighted by Crippen LogP contribution is -2.18. The molecule has 0 unspecified atom stereocenters. The molecule has 3 aromatic rings. The number of aromatic nitrogens is 2. The van der Waals surface area contributed by atoms with Gasteiger partial charge < -0.3 is 4.43 Å². The minimum atomic E-state index is -1.30. The summed E-state index contributed by atoms with van der Waals surface area (Å²) in [4.78, 5) is 19.8. The van der Waals surface area contributed by atoms with Crippen LogP contribution in [-0.4, -0.2) is 23.9 Å². The summed E-state index contributed by atoms with van der Waals surface area (Å²) in [7, 11) is -1.30. The summed E-state index contributed by atoms with van der Waals surface area (Å²) in [6, 6.07) is 11.6. The molecule has 3 rings (SSSR count). The van der Waals surface area contributed by atoms with Gasteiger partial charge in [-0.3, -0.25) is 10.1 Å². The van der Waals surface area contributed by atoms with Crippen LogP contribution in [0.2, 0.25) is 23.3 Å². The molecule has 0 aliphatic rings. The molecule has 1 heterocycles. The first kappa shape index (κ1) is 24.3. The number of non-ortho nitro benzene ring substituents is 1. The predicted molar refractivity (Wildman–Crippen MR) is 132 cm³/mol. The van der Waals surface area contributed by atoms with Crippen LogP contribution in [0.25, 0.3) is 22.6 Å². The first-order valence-electron chi connectivity index (χ1n) is 10.2. The molecule has 0 saturated carbocycles. The molecule has 168 valence electrons. The van der Waals surface area contributed by atoms with Crippen LogP contribution < -0.4 is 0 Å². The normalized spacial score (nSPS) is 11.8. The van der Waals surface area contributed by atoms with Gasteiger partial charge >= 0.3 is 0 Å². The van der Waals surface area contributed by atoms with Gasteiger partial charge in [-0.1, -0.05) is 62.2 Å². The van der Waals surface area contributed by atoms with Crippen LogP contribution in [0.4, 0.5) is 5.69 Å². The molecular weight excluding hydrogens is 465 g/mol. The van der Waals surface area contributed by atoms with E-state index < -0.39 is 14.0 Å². The van der Waals surface area contributed by atoms with Gasteiger partial charge in [-0.25, -0.2) is 9.97 Å². The standard InChI is InChI=1S/C23H25Cl2N3O3Si/c1-23(2,3)21-17(13-31-32(4)5)16(9-10-18(21)24)19-12-20(25)27-22(26-19)14-7-6-8-15(11-14)28(29)30/h6-12,32H,13H2,1-5H3. The number of nitro groups is 1. The molecule has 0 aliphatic carbocycles. The molecule has 1 aromatic heterocycles. The third-order valence-corrected chi connectivity index (χ3v) is 6.20. The van der Waals surface area contributed by atoms with Crippen molar-refractivity contribution in [3.63, 3.8) is 0 Å². The predicted octanol–water partition coefficient (Wildman–Crippen LogP) is 6.82. The summed E-state index contributed by atoms with van der Waals surface area (Å²) in [5, 5.41) is 12.1. The van der Waals surface area contributed by atoms with E-state index in [0.717, 1.165) is 16.7 Å². The molecule has 0 fully saturated rings. The van der Waals surface area contributed by atoms with Crippen molar-refractivity contribution in [2.75, 3.05) is 0 Å². The third kappa shape index (κ3) is 5.53. The van der Waals surface area contributed by atoms with Crippen LogP contribution in [-0.2, 0) is 16.4 Å². The van der Waals surface area contributed by atoms with Crippen molar-refractivity contribution in [3.8, 4) is 22.6 Å². The highest BCUT2D eigenvalue weighted by Gasteiger charge is 2.25. The Balaban J connectivity index is 2.22. The fraction of sp³-hybridized carbons (Fsp3) is 0.304. The number of nitrogens with zero attached hydrogens (tertiary/aromatic N) is 3. The topological polar surface area (TPSA) is 78.2 Å². The van der Waals surface area contributed by atoms with Crippen molar-refractivity contribution in [3.05, 3.63) is 73.9 Å². The van der Waals surface area contributed by atoms with Crippen molar-refractivity contribution in [1.29, 1.82) is 0 Å². The van der Waals surface area contributed by atoms with E-state index >= 15 is 0 Å². The van der Waals surface area contributed by atoms with Gasteiger partial charge in [-0.15, -0.1) is 0 Å². The molecule has 0 spiro atoms. The molecule has 6 nitrogen and oxygen atoms in total. The molecule has 2 aromatic carbocycles. The summed E-state index contributed by atoms with van der Waals surface area (Å²) >= 11 is 13.0. The Labute approximate surface area is 199 Å². The van der Waals surface area contributed by atoms with Crippen molar-refractivity contribution in [1.82, 2.24) is 9.97 Å². The Morgan fingerprint density at radius 2 is 1.81 bits per heavy atom. The van der Waals surface area contributed by atoms with Crippen molar-refractivity contribution < 1.29 is 9.35 Å². The second-order valence-corrected chi connectivity index (χ2v) is 12.0. The van der Waals surface area contributed by atoms with Crippen LogP contribution in [0.3, 0.4) is 0 Å². The molecule has 0 atom stereocenters. The van der Waals surface area contributed by atoms with E-state index in [4.69, 9.17) is 32.6 Å². The third-order valence-electron chi connectivity index (χ3n) is 4.86. The number of hydrogen-bond acceptors (Lipinski definition) is 5. The van der Waals surface area contributed by atoms with Crippen molar-refractivity contribution >= 4 is 37.9 Å². The second-order valence-electron chi connectivity index (χ2n) is 8.77. The number of halogens is 2. The van der Waals surface area contributed by atoms with Gasteiger partial charge in [0.25, 0.3) is 5.69 Å². The van der Waals surface area contributed by atoms with Gasteiger partial charge in [0.15, 0.2) is 14.9 Å². The number of rotatable bonds is 6. The van der Waals surface area contributed by atoms with Crippen LogP contribution >= 0.6 is 23.2 Å². The molecular formula is C23H25Cl2N3O3Si. The Morgan fingerprint density at radius 3 is 2.44 bits per heavy atom. The molecule has 0 amide bonds. The fourth-order valence-corrected chi connectivity index (χ4v) is 4.66. The Morgan fingerprint density at radius 1 is 1.09 bits per heavy atom. The van der Waals surface area contributed by atoms with Gasteiger partial charge in [0.05, 0.1) is 17.2 Å². The van der Waals surface area contributed by atoms with Gasteiger partial charge in [-0.05, 0) is 35.7 Å². The van der Waals surface area contributed by atoms with E-state index in [9.17, 15) is 10.1 Å². The number of benzene rings is 2. The first-order chi connectivity index (χ1) is 15.0. The smallest absolute Gasteiger partial charge is 0.270 e. The van der Waals surface area contributed by atoms with E-state index in [0.29, 0.717) is 28.7 Å². The number of hydrogen-bond donors (Lipinski definition) is 0.